The zero-order valence-electron chi connectivity index (χ0n) is 8.91. The van der Waals surface area contributed by atoms with Crippen molar-refractivity contribution in [2.24, 2.45) is 0 Å². The van der Waals surface area contributed by atoms with Crippen LogP contribution >= 0.6 is 0 Å². The number of nitrogens with zero attached hydrogens (tertiary/aromatic N) is 2. The molecule has 0 saturated carbocycles. The van der Waals surface area contributed by atoms with Crippen LogP contribution in [0.25, 0.3) is 0 Å². The molecule has 0 aliphatic rings. The highest BCUT2D eigenvalue weighted by molar-refractivity contribution is 5.67. The lowest BCUT2D eigenvalue weighted by molar-refractivity contribution is -0.105. The number of rotatable bonds is 2. The quantitative estimate of drug-likeness (QED) is 0.746. The van der Waals surface area contributed by atoms with Gasteiger partial charge in [-0.05, 0) is 0 Å². The largest absolute Gasteiger partial charge is 0.312 e. The number of aromatic nitrogens is 2. The first-order valence-electron chi connectivity index (χ1n) is 4.50. The van der Waals surface area contributed by atoms with Gasteiger partial charge in [-0.15, -0.1) is 0 Å². The van der Waals surface area contributed by atoms with E-state index in [0.29, 0.717) is 6.41 Å². The molecule has 0 saturated heterocycles. The Morgan fingerprint density at radius 1 is 1.29 bits per heavy atom. The minimum atomic E-state index is -0.716. The van der Waals surface area contributed by atoms with Gasteiger partial charge in [-0.2, -0.15) is 9.37 Å². The predicted molar refractivity (Wildman–Crippen MR) is 54.4 cm³/mol. The lowest BCUT2D eigenvalue weighted by Crippen LogP contribution is -1.98. The van der Waals surface area contributed by atoms with E-state index in [2.05, 4.69) is 15.3 Å². The highest BCUT2D eigenvalue weighted by Crippen LogP contribution is 1.97. The zero-order valence-corrected chi connectivity index (χ0v) is 8.91. The van der Waals surface area contributed by atoms with Crippen molar-refractivity contribution >= 4 is 12.2 Å². The molecule has 1 amide bonds. The summed E-state index contributed by atoms with van der Waals surface area (Å²) in [6, 6.07) is 0. The van der Waals surface area contributed by atoms with Crippen LogP contribution < -0.4 is 5.32 Å². The summed E-state index contributed by atoms with van der Waals surface area (Å²) in [5.41, 5.74) is 0. The van der Waals surface area contributed by atoms with Crippen LogP contribution in [0.2, 0.25) is 0 Å². The first-order valence-corrected chi connectivity index (χ1v) is 4.50. The fourth-order valence-electron chi connectivity index (χ4n) is 0.472. The van der Waals surface area contributed by atoms with Crippen LogP contribution in [0.15, 0.2) is 12.4 Å². The number of hydrogen-bond acceptors (Lipinski definition) is 3. The van der Waals surface area contributed by atoms with Crippen LogP contribution in [0.3, 0.4) is 0 Å². The summed E-state index contributed by atoms with van der Waals surface area (Å²) in [7, 11) is 0. The Hall–Kier alpha value is -1.52. The standard InChI is InChI=1S/C5H4FN3O.2C2H6/c6-4-1-7-2-5(9-4)8-3-10;2*1-2/h1-3H,(H,8,9,10);2*1-2H3. The van der Waals surface area contributed by atoms with Gasteiger partial charge >= 0.3 is 0 Å². The van der Waals surface area contributed by atoms with Crippen LogP contribution in [0.1, 0.15) is 27.7 Å². The fraction of sp³-hybridized carbons (Fsp3) is 0.444. The molecule has 1 rings (SSSR count). The van der Waals surface area contributed by atoms with Gasteiger partial charge in [-0.3, -0.25) is 9.78 Å². The Balaban J connectivity index is 0. The van der Waals surface area contributed by atoms with E-state index >= 15 is 0 Å². The Kier molecular flexibility index (Phi) is 12.3. The van der Waals surface area contributed by atoms with Gasteiger partial charge in [-0.25, -0.2) is 0 Å². The molecule has 0 bridgehead atoms. The van der Waals surface area contributed by atoms with E-state index in [-0.39, 0.29) is 5.82 Å². The van der Waals surface area contributed by atoms with Crippen molar-refractivity contribution in [3.05, 3.63) is 18.3 Å². The van der Waals surface area contributed by atoms with Crippen molar-refractivity contribution in [2.45, 2.75) is 27.7 Å². The van der Waals surface area contributed by atoms with E-state index in [0.717, 1.165) is 6.20 Å². The number of hydrogen-bond donors (Lipinski definition) is 1. The molecule has 1 aromatic rings. The van der Waals surface area contributed by atoms with Gasteiger partial charge in [0.1, 0.15) is 0 Å². The van der Waals surface area contributed by atoms with Crippen molar-refractivity contribution < 1.29 is 9.18 Å². The third-order valence-corrected chi connectivity index (χ3v) is 0.812. The van der Waals surface area contributed by atoms with Crippen LogP contribution in [0.4, 0.5) is 10.2 Å². The second-order valence-corrected chi connectivity index (χ2v) is 1.49. The second-order valence-electron chi connectivity index (χ2n) is 1.49. The molecule has 0 unspecified atom stereocenters. The fourth-order valence-corrected chi connectivity index (χ4v) is 0.472. The molecule has 4 nitrogen and oxygen atoms in total. The first-order chi connectivity index (χ1) is 6.83. The normalized spacial score (nSPS) is 7.21. The number of amides is 1. The maximum absolute atomic E-state index is 12.2. The number of nitrogens with one attached hydrogen (secondary N) is 1. The lowest BCUT2D eigenvalue weighted by Gasteiger charge is -1.93. The highest BCUT2D eigenvalue weighted by Gasteiger charge is 1.93. The molecule has 0 atom stereocenters. The van der Waals surface area contributed by atoms with E-state index in [1.165, 1.54) is 6.20 Å². The highest BCUT2D eigenvalue weighted by atomic mass is 19.1. The van der Waals surface area contributed by atoms with Gasteiger partial charge < -0.3 is 5.32 Å². The first kappa shape index (κ1) is 15.0. The molecule has 80 valence electrons. The summed E-state index contributed by atoms with van der Waals surface area (Å²) in [6.45, 7) is 8.00. The van der Waals surface area contributed by atoms with Crippen LogP contribution in [-0.4, -0.2) is 16.4 Å². The summed E-state index contributed by atoms with van der Waals surface area (Å²) >= 11 is 0. The third kappa shape index (κ3) is 7.15. The monoisotopic (exact) mass is 201 g/mol. The molecule has 0 radical (unpaired) electrons. The van der Waals surface area contributed by atoms with E-state index in [1.807, 2.05) is 27.7 Å². The molecule has 0 aliphatic carbocycles. The maximum atomic E-state index is 12.2. The Bertz CT molecular complexity index is 243. The summed E-state index contributed by atoms with van der Waals surface area (Å²) in [4.78, 5) is 16.5. The van der Waals surface area contributed by atoms with Gasteiger partial charge in [0.25, 0.3) is 0 Å². The topological polar surface area (TPSA) is 54.9 Å². The summed E-state index contributed by atoms with van der Waals surface area (Å²) in [6.07, 6.45) is 2.61. The number of halogens is 1. The smallest absolute Gasteiger partial charge is 0.233 e. The SMILES string of the molecule is CC.CC.O=CNc1cncc(F)n1. The Morgan fingerprint density at radius 2 is 1.86 bits per heavy atom. The molecule has 5 heteroatoms. The second kappa shape index (κ2) is 11.5. The van der Waals surface area contributed by atoms with E-state index < -0.39 is 5.95 Å². The van der Waals surface area contributed by atoms with Crippen molar-refractivity contribution in [3.63, 3.8) is 0 Å². The van der Waals surface area contributed by atoms with Gasteiger partial charge in [0.05, 0.1) is 12.4 Å². The molecular weight excluding hydrogens is 185 g/mol. The van der Waals surface area contributed by atoms with Gasteiger partial charge in [0, 0.05) is 0 Å². The van der Waals surface area contributed by atoms with Gasteiger partial charge in [0.2, 0.25) is 12.4 Å². The van der Waals surface area contributed by atoms with E-state index in [1.54, 1.807) is 0 Å². The van der Waals surface area contributed by atoms with Crippen molar-refractivity contribution in [1.29, 1.82) is 0 Å². The van der Waals surface area contributed by atoms with Crippen molar-refractivity contribution in [2.75, 3.05) is 5.32 Å². The minimum absolute atomic E-state index is 0.106. The number of carbonyl (C=O) groups is 1. The molecular formula is C9H16FN3O. The Morgan fingerprint density at radius 3 is 2.29 bits per heavy atom. The van der Waals surface area contributed by atoms with Crippen LogP contribution in [0.5, 0.6) is 0 Å². The number of anilines is 1. The lowest BCUT2D eigenvalue weighted by atomic mass is 10.6. The Labute approximate surface area is 83.6 Å². The van der Waals surface area contributed by atoms with Crippen molar-refractivity contribution in [1.82, 2.24) is 9.97 Å². The molecule has 1 aromatic heterocycles. The average Bonchev–Trinajstić information content (AvgIpc) is 2.24. The van der Waals surface area contributed by atoms with Crippen molar-refractivity contribution in [3.8, 4) is 0 Å². The van der Waals surface area contributed by atoms with Crippen LogP contribution in [-0.2, 0) is 4.79 Å². The van der Waals surface area contributed by atoms with E-state index in [9.17, 15) is 9.18 Å². The molecule has 1 heterocycles. The summed E-state index contributed by atoms with van der Waals surface area (Å²) in [5, 5.41) is 2.15. The number of carbonyl (C=O) groups excluding carboxylic acids is 1. The zero-order chi connectivity index (χ0) is 11.4. The molecule has 0 fully saturated rings. The predicted octanol–water partition coefficient (Wildman–Crippen LogP) is 2.24. The van der Waals surface area contributed by atoms with E-state index in [4.69, 9.17) is 0 Å². The molecule has 0 aromatic carbocycles. The van der Waals surface area contributed by atoms with Gasteiger partial charge in [0.15, 0.2) is 5.82 Å². The molecule has 0 spiro atoms. The summed E-state index contributed by atoms with van der Waals surface area (Å²) in [5.74, 6) is -0.609. The minimum Gasteiger partial charge on any atom is -0.312 e. The van der Waals surface area contributed by atoms with Gasteiger partial charge in [-0.1, -0.05) is 27.7 Å². The molecule has 14 heavy (non-hydrogen) atoms. The summed E-state index contributed by atoms with van der Waals surface area (Å²) < 4.78 is 12.2. The van der Waals surface area contributed by atoms with Crippen LogP contribution in [0, 0.1) is 5.95 Å². The molecule has 1 N–H and O–H groups in total. The molecule has 0 aliphatic heterocycles. The maximum Gasteiger partial charge on any atom is 0.233 e. The third-order valence-electron chi connectivity index (χ3n) is 0.812. The average molecular weight is 201 g/mol.